The van der Waals surface area contributed by atoms with Gasteiger partial charge in [0, 0.05) is 6.04 Å². The Bertz CT molecular complexity index is 318. The van der Waals surface area contributed by atoms with Crippen molar-refractivity contribution in [2.45, 2.75) is 44.8 Å². The molecule has 0 spiro atoms. The van der Waals surface area contributed by atoms with Crippen LogP contribution in [0.15, 0.2) is 0 Å². The summed E-state index contributed by atoms with van der Waals surface area (Å²) in [6.45, 7) is 2.24. The van der Waals surface area contributed by atoms with E-state index in [-0.39, 0.29) is 6.42 Å². The molecule has 1 atom stereocenters. The van der Waals surface area contributed by atoms with Crippen molar-refractivity contribution in [1.82, 2.24) is 5.32 Å². The Morgan fingerprint density at radius 2 is 1.20 bits per heavy atom. The fourth-order valence-electron chi connectivity index (χ4n) is 1.30. The van der Waals surface area contributed by atoms with Gasteiger partial charge in [0.2, 0.25) is 0 Å². The highest BCUT2D eigenvalue weighted by Crippen LogP contribution is 2.59. The molecule has 120 valence electrons. The highest BCUT2D eigenvalue weighted by Gasteiger charge is 2.88. The molecule has 20 heavy (non-hydrogen) atoms. The Hall–Kier alpha value is -1.16. The van der Waals surface area contributed by atoms with Crippen molar-refractivity contribution < 1.29 is 44.3 Å². The smallest absolute Gasteiger partial charge is 0.352 e. The monoisotopic (exact) mass is 319 g/mol. The zero-order valence-electron chi connectivity index (χ0n) is 10.1. The molecular weight excluding hydrogens is 309 g/mol. The number of hydrogen-bond acceptors (Lipinski definition) is 1. The van der Waals surface area contributed by atoms with Gasteiger partial charge in [-0.3, -0.25) is 4.79 Å². The topological polar surface area (TPSA) is 29.1 Å². The summed E-state index contributed by atoms with van der Waals surface area (Å²) in [4.78, 5) is 11.1. The van der Waals surface area contributed by atoms with Crippen LogP contribution in [0.3, 0.4) is 0 Å². The molecule has 0 heterocycles. The van der Waals surface area contributed by atoms with Crippen LogP contribution in [0.1, 0.15) is 20.3 Å². The Labute approximate surface area is 107 Å². The lowest BCUT2D eigenvalue weighted by Crippen LogP contribution is -2.67. The summed E-state index contributed by atoms with van der Waals surface area (Å²) in [6.07, 6.45) is -20.8. The molecule has 0 saturated heterocycles. The first-order chi connectivity index (χ1) is 8.63. The van der Waals surface area contributed by atoms with E-state index in [9.17, 15) is 44.3 Å². The summed E-state index contributed by atoms with van der Waals surface area (Å²) in [5, 5.41) is 1.09. The molecule has 11 heteroatoms. The first-order valence-corrected chi connectivity index (χ1v) is 5.14. The molecule has 0 aliphatic rings. The minimum Gasteiger partial charge on any atom is -0.352 e. The lowest BCUT2D eigenvalue weighted by atomic mass is 9.83. The van der Waals surface area contributed by atoms with Crippen molar-refractivity contribution in [2.75, 3.05) is 0 Å². The minimum absolute atomic E-state index is 0.143. The van der Waals surface area contributed by atoms with E-state index < -0.39 is 35.9 Å². The number of amides is 1. The highest BCUT2D eigenvalue weighted by molar-refractivity contribution is 5.85. The van der Waals surface area contributed by atoms with Gasteiger partial charge in [-0.15, -0.1) is 0 Å². The van der Waals surface area contributed by atoms with Crippen LogP contribution in [-0.4, -0.2) is 30.5 Å². The van der Waals surface area contributed by atoms with Crippen LogP contribution in [0, 0.1) is 5.41 Å². The summed E-state index contributed by atoms with van der Waals surface area (Å²) in [5.41, 5.74) is -6.45. The van der Waals surface area contributed by atoms with E-state index in [1.165, 1.54) is 6.92 Å². The third kappa shape index (κ3) is 2.95. The fraction of sp³-hybridized carbons (Fsp3) is 0.889. The van der Waals surface area contributed by atoms with Gasteiger partial charge in [-0.2, -0.15) is 39.5 Å². The summed E-state index contributed by atoms with van der Waals surface area (Å²) in [6, 6.07) is -1.28. The normalized spacial score (nSPS) is 15.9. The minimum atomic E-state index is -6.87. The van der Waals surface area contributed by atoms with E-state index in [4.69, 9.17) is 0 Å². The van der Waals surface area contributed by atoms with E-state index in [1.807, 2.05) is 0 Å². The van der Waals surface area contributed by atoms with Crippen LogP contribution in [0.5, 0.6) is 0 Å². The third-order valence-corrected chi connectivity index (χ3v) is 2.61. The summed E-state index contributed by atoms with van der Waals surface area (Å²) >= 11 is 0. The van der Waals surface area contributed by atoms with Crippen LogP contribution >= 0.6 is 0 Å². The van der Waals surface area contributed by atoms with E-state index >= 15 is 0 Å². The van der Waals surface area contributed by atoms with Crippen LogP contribution in [-0.2, 0) is 4.79 Å². The molecular formula is C9H10F9NO. The number of rotatable bonds is 3. The van der Waals surface area contributed by atoms with Crippen LogP contribution in [0.4, 0.5) is 39.5 Å². The molecule has 0 saturated carbocycles. The van der Waals surface area contributed by atoms with Crippen molar-refractivity contribution in [3.63, 3.8) is 0 Å². The Kier molecular flexibility index (Phi) is 5.01. The lowest BCUT2D eigenvalue weighted by molar-refractivity contribution is -0.406. The van der Waals surface area contributed by atoms with Gasteiger partial charge in [0.05, 0.1) is 0 Å². The quantitative estimate of drug-likeness (QED) is 0.792. The number of carbonyl (C=O) groups is 1. The zero-order chi connectivity index (χ0) is 16.6. The first kappa shape index (κ1) is 18.8. The maximum atomic E-state index is 12.5. The second-order valence-corrected chi connectivity index (χ2v) is 4.03. The van der Waals surface area contributed by atoms with Crippen molar-refractivity contribution in [3.05, 3.63) is 0 Å². The molecule has 0 aliphatic carbocycles. The average molecular weight is 319 g/mol. The van der Waals surface area contributed by atoms with Crippen molar-refractivity contribution >= 4 is 5.91 Å². The standard InChI is InChI=1S/C9H10F9NO/c1-3-4(2)19-5(20)6(7(10,11)12,8(13,14)15)9(16,17)18/h4H,3H2,1-2H3,(H,19,20)/t4-/m1/s1. The maximum Gasteiger partial charge on any atom is 0.421 e. The molecule has 1 amide bonds. The Balaban J connectivity index is 6.13. The first-order valence-electron chi connectivity index (χ1n) is 5.14. The van der Waals surface area contributed by atoms with E-state index in [0.717, 1.165) is 12.2 Å². The highest BCUT2D eigenvalue weighted by atomic mass is 19.4. The van der Waals surface area contributed by atoms with Crippen molar-refractivity contribution in [3.8, 4) is 0 Å². The van der Waals surface area contributed by atoms with Crippen molar-refractivity contribution in [1.29, 1.82) is 0 Å². The summed E-state index contributed by atoms with van der Waals surface area (Å²) < 4.78 is 112. The van der Waals surface area contributed by atoms with Gasteiger partial charge in [-0.25, -0.2) is 0 Å². The Morgan fingerprint density at radius 1 is 0.900 bits per heavy atom. The van der Waals surface area contributed by atoms with Gasteiger partial charge in [-0.05, 0) is 13.3 Å². The third-order valence-electron chi connectivity index (χ3n) is 2.61. The van der Waals surface area contributed by atoms with Gasteiger partial charge in [-0.1, -0.05) is 6.92 Å². The molecule has 1 N–H and O–H groups in total. The average Bonchev–Trinajstić information content (AvgIpc) is 2.10. The second kappa shape index (κ2) is 5.32. The second-order valence-electron chi connectivity index (χ2n) is 4.03. The van der Waals surface area contributed by atoms with E-state index in [2.05, 4.69) is 0 Å². The number of halogens is 9. The maximum absolute atomic E-state index is 12.5. The lowest BCUT2D eigenvalue weighted by Gasteiger charge is -2.37. The molecule has 0 radical (unpaired) electrons. The van der Waals surface area contributed by atoms with Crippen molar-refractivity contribution in [2.24, 2.45) is 5.41 Å². The fourth-order valence-corrected chi connectivity index (χ4v) is 1.30. The van der Waals surface area contributed by atoms with Crippen LogP contribution in [0.2, 0.25) is 0 Å². The molecule has 0 aromatic heterocycles. The van der Waals surface area contributed by atoms with Gasteiger partial charge in [0.15, 0.2) is 0 Å². The molecule has 0 aromatic carbocycles. The summed E-state index contributed by atoms with van der Waals surface area (Å²) in [5.74, 6) is -3.18. The predicted molar refractivity (Wildman–Crippen MR) is 48.5 cm³/mol. The molecule has 0 bridgehead atoms. The zero-order valence-corrected chi connectivity index (χ0v) is 10.1. The molecule has 0 unspecified atom stereocenters. The van der Waals surface area contributed by atoms with Crippen LogP contribution in [0.25, 0.3) is 0 Å². The van der Waals surface area contributed by atoms with E-state index in [1.54, 1.807) is 0 Å². The van der Waals surface area contributed by atoms with Crippen LogP contribution < -0.4 is 5.32 Å². The van der Waals surface area contributed by atoms with Gasteiger partial charge < -0.3 is 5.32 Å². The molecule has 2 nitrogen and oxygen atoms in total. The van der Waals surface area contributed by atoms with E-state index in [0.29, 0.717) is 0 Å². The van der Waals surface area contributed by atoms with Gasteiger partial charge in [0.1, 0.15) is 0 Å². The van der Waals surface area contributed by atoms with Gasteiger partial charge >= 0.3 is 23.9 Å². The molecule has 0 aromatic rings. The SMILES string of the molecule is CC[C@@H](C)NC(=O)C(C(F)(F)F)(C(F)(F)F)C(F)(F)F. The predicted octanol–water partition coefficient (Wildman–Crippen LogP) is 3.57. The molecule has 0 fully saturated rings. The summed E-state index contributed by atoms with van der Waals surface area (Å²) in [7, 11) is 0. The number of hydrogen-bond donors (Lipinski definition) is 1. The Morgan fingerprint density at radius 3 is 1.40 bits per heavy atom. The van der Waals surface area contributed by atoms with Gasteiger partial charge in [0.25, 0.3) is 5.91 Å². The molecule has 0 rings (SSSR count). The number of nitrogens with one attached hydrogen (secondary N) is 1. The number of alkyl halides is 9. The largest absolute Gasteiger partial charge is 0.421 e. The number of carbonyl (C=O) groups excluding carboxylic acids is 1. The molecule has 0 aliphatic heterocycles.